The monoisotopic (exact) mass is 293 g/mol. The second-order valence-corrected chi connectivity index (χ2v) is 5.39. The Labute approximate surface area is 128 Å². The Morgan fingerprint density at radius 1 is 1.09 bits per heavy atom. The van der Waals surface area contributed by atoms with E-state index in [0.717, 1.165) is 12.2 Å². The molecule has 5 nitrogen and oxygen atoms in total. The van der Waals surface area contributed by atoms with Crippen LogP contribution in [0.5, 0.6) is 5.75 Å². The van der Waals surface area contributed by atoms with Crippen LogP contribution in [0.25, 0.3) is 0 Å². The van der Waals surface area contributed by atoms with Crippen LogP contribution < -0.4 is 4.74 Å². The highest BCUT2D eigenvalue weighted by Gasteiger charge is 2.43. The average molecular weight is 293 g/mol. The molecule has 4 rings (SSSR count). The van der Waals surface area contributed by atoms with E-state index in [-0.39, 0.29) is 0 Å². The lowest BCUT2D eigenvalue weighted by Crippen LogP contribution is -1.97. The molecule has 0 bridgehead atoms. The van der Waals surface area contributed by atoms with Gasteiger partial charge in [0, 0.05) is 18.3 Å². The summed E-state index contributed by atoms with van der Waals surface area (Å²) in [5.41, 5.74) is 1.23. The highest BCUT2D eigenvalue weighted by Crippen LogP contribution is 2.53. The van der Waals surface area contributed by atoms with E-state index in [1.54, 1.807) is 6.20 Å². The van der Waals surface area contributed by atoms with Gasteiger partial charge in [-0.2, -0.15) is 4.98 Å². The number of nitrogens with zero attached hydrogens (tertiary/aromatic N) is 3. The summed E-state index contributed by atoms with van der Waals surface area (Å²) in [6, 6.07) is 13.7. The lowest BCUT2D eigenvalue weighted by Gasteiger charge is -2.01. The Kier molecular flexibility index (Phi) is 3.31. The zero-order valence-electron chi connectivity index (χ0n) is 11.9. The fourth-order valence-electron chi connectivity index (χ4n) is 2.57. The molecule has 2 heterocycles. The van der Waals surface area contributed by atoms with Gasteiger partial charge in [0.1, 0.15) is 5.75 Å². The van der Waals surface area contributed by atoms with Gasteiger partial charge < -0.3 is 9.26 Å². The lowest BCUT2D eigenvalue weighted by molar-refractivity contribution is 0.285. The summed E-state index contributed by atoms with van der Waals surface area (Å²) in [5.74, 6) is 2.82. The van der Waals surface area contributed by atoms with E-state index < -0.39 is 0 Å². The predicted molar refractivity (Wildman–Crippen MR) is 79.4 cm³/mol. The molecule has 0 N–H and O–H groups in total. The van der Waals surface area contributed by atoms with E-state index in [0.29, 0.717) is 30.2 Å². The molecule has 0 unspecified atom stereocenters. The molecule has 1 saturated carbocycles. The molecule has 2 atom stereocenters. The minimum Gasteiger partial charge on any atom is -0.485 e. The quantitative estimate of drug-likeness (QED) is 0.722. The molecule has 0 aliphatic heterocycles. The summed E-state index contributed by atoms with van der Waals surface area (Å²) in [7, 11) is 0. The van der Waals surface area contributed by atoms with Crippen LogP contribution in [0.1, 0.15) is 35.5 Å². The minimum atomic E-state index is 0.308. The smallest absolute Gasteiger partial charge is 0.230 e. The van der Waals surface area contributed by atoms with Crippen LogP contribution >= 0.6 is 0 Å². The summed E-state index contributed by atoms with van der Waals surface area (Å²) in [5, 5.41) is 3.99. The number of aromatic nitrogens is 3. The van der Waals surface area contributed by atoms with Gasteiger partial charge in [-0.1, -0.05) is 29.4 Å². The Morgan fingerprint density at radius 3 is 2.82 bits per heavy atom. The molecule has 0 saturated heterocycles. The lowest BCUT2D eigenvalue weighted by atomic mass is 10.1. The van der Waals surface area contributed by atoms with Crippen molar-refractivity contribution in [2.75, 3.05) is 0 Å². The number of benzene rings is 1. The molecule has 1 aromatic carbocycles. The maximum Gasteiger partial charge on any atom is 0.230 e. The van der Waals surface area contributed by atoms with Gasteiger partial charge in [-0.15, -0.1) is 0 Å². The van der Waals surface area contributed by atoms with E-state index in [2.05, 4.69) is 21.2 Å². The summed E-state index contributed by atoms with van der Waals surface area (Å²) >= 11 is 0. The van der Waals surface area contributed by atoms with Gasteiger partial charge in [0.2, 0.25) is 11.7 Å². The number of rotatable bonds is 5. The van der Waals surface area contributed by atoms with Crippen LogP contribution in [0.4, 0.5) is 0 Å². The zero-order chi connectivity index (χ0) is 14.8. The van der Waals surface area contributed by atoms with Crippen molar-refractivity contribution < 1.29 is 9.26 Å². The molecule has 2 aromatic heterocycles. The Morgan fingerprint density at radius 2 is 2.00 bits per heavy atom. The first-order valence-electron chi connectivity index (χ1n) is 7.30. The van der Waals surface area contributed by atoms with Gasteiger partial charge >= 0.3 is 0 Å². The van der Waals surface area contributed by atoms with Gasteiger partial charge in [0.05, 0.1) is 0 Å². The van der Waals surface area contributed by atoms with Crippen molar-refractivity contribution >= 4 is 0 Å². The van der Waals surface area contributed by atoms with E-state index in [1.807, 2.05) is 42.6 Å². The standard InChI is InChI=1S/C17H15N3O2/c1-2-6-13(7-3-1)21-11-16-19-17(22-20-16)15-9-14(15)12-5-4-8-18-10-12/h1-8,10,14-15H,9,11H2/t14-,15-/m1/s1. The topological polar surface area (TPSA) is 61.0 Å². The van der Waals surface area contributed by atoms with E-state index in [1.165, 1.54) is 5.56 Å². The SMILES string of the molecule is c1ccc(OCc2noc([C@@H]3C[C@@H]3c3cccnc3)n2)cc1. The first-order valence-corrected chi connectivity index (χ1v) is 7.30. The van der Waals surface area contributed by atoms with Crippen LogP contribution in [0.2, 0.25) is 0 Å². The first kappa shape index (κ1) is 13.0. The van der Waals surface area contributed by atoms with Crippen molar-refractivity contribution in [3.8, 4) is 5.75 Å². The summed E-state index contributed by atoms with van der Waals surface area (Å²) in [4.78, 5) is 8.60. The second kappa shape index (κ2) is 5.60. The Bertz CT molecular complexity index is 743. The van der Waals surface area contributed by atoms with Crippen molar-refractivity contribution in [2.45, 2.75) is 24.9 Å². The average Bonchev–Trinajstić information content (AvgIpc) is 3.25. The van der Waals surface area contributed by atoms with Crippen LogP contribution in [-0.4, -0.2) is 15.1 Å². The van der Waals surface area contributed by atoms with Gasteiger partial charge in [-0.05, 0) is 36.1 Å². The van der Waals surface area contributed by atoms with E-state index in [4.69, 9.17) is 9.26 Å². The molecule has 3 aromatic rings. The molecule has 110 valence electrons. The van der Waals surface area contributed by atoms with Crippen molar-refractivity contribution in [2.24, 2.45) is 0 Å². The molecular formula is C17H15N3O2. The van der Waals surface area contributed by atoms with Crippen LogP contribution in [0.3, 0.4) is 0 Å². The number of pyridine rings is 1. The zero-order valence-corrected chi connectivity index (χ0v) is 11.9. The largest absolute Gasteiger partial charge is 0.485 e. The van der Waals surface area contributed by atoms with E-state index in [9.17, 15) is 0 Å². The number of ether oxygens (including phenoxy) is 1. The van der Waals surface area contributed by atoms with Crippen LogP contribution in [0, 0.1) is 0 Å². The van der Waals surface area contributed by atoms with Gasteiger partial charge in [-0.3, -0.25) is 4.98 Å². The molecule has 0 radical (unpaired) electrons. The van der Waals surface area contributed by atoms with Crippen molar-refractivity contribution in [3.05, 3.63) is 72.1 Å². The molecule has 1 fully saturated rings. The van der Waals surface area contributed by atoms with Crippen molar-refractivity contribution in [1.29, 1.82) is 0 Å². The van der Waals surface area contributed by atoms with Gasteiger partial charge in [0.15, 0.2) is 6.61 Å². The highest BCUT2D eigenvalue weighted by atomic mass is 16.5. The molecule has 1 aliphatic rings. The third-order valence-corrected chi connectivity index (χ3v) is 3.82. The summed E-state index contributed by atoms with van der Waals surface area (Å²) in [6.07, 6.45) is 4.72. The summed E-state index contributed by atoms with van der Waals surface area (Å²) in [6.45, 7) is 0.317. The molecule has 0 spiro atoms. The highest BCUT2D eigenvalue weighted by molar-refractivity contribution is 5.28. The van der Waals surface area contributed by atoms with Crippen LogP contribution in [-0.2, 0) is 6.61 Å². The number of hydrogen-bond donors (Lipinski definition) is 0. The fraction of sp³-hybridized carbons (Fsp3) is 0.235. The van der Waals surface area contributed by atoms with Gasteiger partial charge in [0.25, 0.3) is 0 Å². The Balaban J connectivity index is 1.39. The Hall–Kier alpha value is -2.69. The predicted octanol–water partition coefficient (Wildman–Crippen LogP) is 3.31. The van der Waals surface area contributed by atoms with E-state index >= 15 is 0 Å². The number of hydrogen-bond acceptors (Lipinski definition) is 5. The number of para-hydroxylation sites is 1. The second-order valence-electron chi connectivity index (χ2n) is 5.39. The van der Waals surface area contributed by atoms with Crippen LogP contribution in [0.15, 0.2) is 59.4 Å². The third-order valence-electron chi connectivity index (χ3n) is 3.82. The molecule has 1 aliphatic carbocycles. The molecule has 22 heavy (non-hydrogen) atoms. The van der Waals surface area contributed by atoms with Gasteiger partial charge in [-0.25, -0.2) is 0 Å². The molecule has 0 amide bonds. The van der Waals surface area contributed by atoms with Crippen molar-refractivity contribution in [1.82, 2.24) is 15.1 Å². The van der Waals surface area contributed by atoms with Crippen molar-refractivity contribution in [3.63, 3.8) is 0 Å². The molecule has 5 heteroatoms. The fourth-order valence-corrected chi connectivity index (χ4v) is 2.57. The first-order chi connectivity index (χ1) is 10.9. The maximum atomic E-state index is 5.62. The summed E-state index contributed by atoms with van der Waals surface area (Å²) < 4.78 is 11.0. The maximum absolute atomic E-state index is 5.62. The molecular weight excluding hydrogens is 278 g/mol. The minimum absolute atomic E-state index is 0.308. The normalized spacial score (nSPS) is 19.8. The third kappa shape index (κ3) is 2.70.